The third kappa shape index (κ3) is 7.27. The highest BCUT2D eigenvalue weighted by atomic mass is 16.7. The van der Waals surface area contributed by atoms with Crippen LogP contribution in [0.25, 0.3) is 0 Å². The second-order valence-electron chi connectivity index (χ2n) is 13.2. The first kappa shape index (κ1) is 36.6. The van der Waals surface area contributed by atoms with Gasteiger partial charge >= 0.3 is 0 Å². The molecule has 0 bridgehead atoms. The van der Waals surface area contributed by atoms with Crippen molar-refractivity contribution < 1.29 is 84.2 Å². The van der Waals surface area contributed by atoms with Gasteiger partial charge in [-0.3, -0.25) is 0 Å². The molecular formula is C29H50O17. The van der Waals surface area contributed by atoms with Crippen molar-refractivity contribution in [3.8, 4) is 0 Å². The van der Waals surface area contributed by atoms with E-state index in [4.69, 9.17) is 33.2 Å². The van der Waals surface area contributed by atoms with Crippen LogP contribution in [0.4, 0.5) is 0 Å². The summed E-state index contributed by atoms with van der Waals surface area (Å²) in [5, 5.41) is 105. The first-order chi connectivity index (χ1) is 21.9. The van der Waals surface area contributed by atoms with Gasteiger partial charge in [-0.05, 0) is 38.0 Å². The number of hydrogen-bond donors (Lipinski definition) is 10. The maximum absolute atomic E-state index is 11.4. The third-order valence-electron chi connectivity index (χ3n) is 10.4. The molecule has 268 valence electrons. The lowest BCUT2D eigenvalue weighted by atomic mass is 9.72. The van der Waals surface area contributed by atoms with Crippen LogP contribution < -0.4 is 0 Å². The standard InChI is InChI=1S/C29H50O17/c1-40-15-3-10(4-16(41-2)20(15)34)26-17(7-12-13(33)5-11(32)6-14(12)42-26)43-29-25(39)27(22(36)19(9-31)45-29)46-28-24(38)23(37)21(35)18(8-30)44-28/h10-39H,3-9H2,1-2H3. The first-order valence-electron chi connectivity index (χ1n) is 15.9. The summed E-state index contributed by atoms with van der Waals surface area (Å²) in [6.45, 7) is -1.45. The zero-order valence-electron chi connectivity index (χ0n) is 25.8. The van der Waals surface area contributed by atoms with E-state index in [2.05, 4.69) is 0 Å². The van der Waals surface area contributed by atoms with Crippen molar-refractivity contribution in [1.82, 2.24) is 0 Å². The maximum atomic E-state index is 11.4. The first-order valence-corrected chi connectivity index (χ1v) is 15.9. The van der Waals surface area contributed by atoms with Gasteiger partial charge in [-0.15, -0.1) is 0 Å². The highest BCUT2D eigenvalue weighted by Gasteiger charge is 2.55. The van der Waals surface area contributed by atoms with E-state index in [-0.39, 0.29) is 25.2 Å². The minimum Gasteiger partial charge on any atom is -0.394 e. The molecule has 0 aromatic heterocycles. The molecule has 5 aliphatic rings. The quantitative estimate of drug-likeness (QED) is 0.110. The Labute approximate surface area is 266 Å². The summed E-state index contributed by atoms with van der Waals surface area (Å²) < 4.78 is 40.9. The molecule has 3 aliphatic heterocycles. The molecule has 3 saturated heterocycles. The lowest BCUT2D eigenvalue weighted by Crippen LogP contribution is -2.65. The van der Waals surface area contributed by atoms with Gasteiger partial charge in [0.2, 0.25) is 0 Å². The molecule has 17 heteroatoms. The molecule has 5 rings (SSSR count). The van der Waals surface area contributed by atoms with Crippen molar-refractivity contribution in [3.63, 3.8) is 0 Å². The molecule has 2 aliphatic carbocycles. The number of fused-ring (bicyclic) bond motifs is 1. The molecule has 0 spiro atoms. The van der Waals surface area contributed by atoms with Gasteiger partial charge in [0.25, 0.3) is 0 Å². The SMILES string of the molecule is COC1CC(C2OC3CC(O)CC(O)C3CC2OC2OC(CO)C(O)C(OC3OC(CO)C(O)C(O)C3O)C2O)CC(OC)C1O. The van der Waals surface area contributed by atoms with E-state index in [1.807, 2.05) is 0 Å². The van der Waals surface area contributed by atoms with Gasteiger partial charge in [0.15, 0.2) is 12.6 Å². The highest BCUT2D eigenvalue weighted by Crippen LogP contribution is 2.44. The smallest absolute Gasteiger partial charge is 0.187 e. The lowest BCUT2D eigenvalue weighted by Gasteiger charge is -2.52. The van der Waals surface area contributed by atoms with Crippen molar-refractivity contribution in [3.05, 3.63) is 0 Å². The fraction of sp³-hybridized carbons (Fsp3) is 1.00. The van der Waals surface area contributed by atoms with Crippen molar-refractivity contribution in [2.45, 2.75) is 142 Å². The summed E-state index contributed by atoms with van der Waals surface area (Å²) >= 11 is 0. The number of aliphatic hydroxyl groups is 10. The van der Waals surface area contributed by atoms with Gasteiger partial charge in [-0.1, -0.05) is 0 Å². The number of methoxy groups -OCH3 is 2. The average molecular weight is 671 g/mol. The molecule has 0 aromatic carbocycles. The summed E-state index contributed by atoms with van der Waals surface area (Å²) in [7, 11) is 2.95. The zero-order chi connectivity index (χ0) is 33.4. The molecule has 0 aromatic rings. The van der Waals surface area contributed by atoms with Gasteiger partial charge in [-0.25, -0.2) is 0 Å². The van der Waals surface area contributed by atoms with Crippen LogP contribution >= 0.6 is 0 Å². The Balaban J connectivity index is 1.38. The van der Waals surface area contributed by atoms with Crippen LogP contribution in [0.5, 0.6) is 0 Å². The maximum Gasteiger partial charge on any atom is 0.187 e. The molecule has 17 nitrogen and oxygen atoms in total. The van der Waals surface area contributed by atoms with Crippen molar-refractivity contribution >= 4 is 0 Å². The Kier molecular flexibility index (Phi) is 12.3. The van der Waals surface area contributed by atoms with Crippen molar-refractivity contribution in [2.75, 3.05) is 27.4 Å². The van der Waals surface area contributed by atoms with E-state index >= 15 is 0 Å². The number of hydrogen-bond acceptors (Lipinski definition) is 17. The second kappa shape index (κ2) is 15.5. The zero-order valence-corrected chi connectivity index (χ0v) is 25.8. The summed E-state index contributed by atoms with van der Waals surface area (Å²) in [6, 6.07) is 0. The molecule has 5 fully saturated rings. The van der Waals surface area contributed by atoms with Crippen LogP contribution in [-0.2, 0) is 33.2 Å². The Morgan fingerprint density at radius 1 is 0.565 bits per heavy atom. The van der Waals surface area contributed by atoms with Gasteiger partial charge in [0.1, 0.15) is 54.9 Å². The highest BCUT2D eigenvalue weighted by molar-refractivity contribution is 5.01. The molecule has 46 heavy (non-hydrogen) atoms. The predicted molar refractivity (Wildman–Crippen MR) is 150 cm³/mol. The molecule has 3 heterocycles. The Bertz CT molecular complexity index is 947. The summed E-state index contributed by atoms with van der Waals surface area (Å²) in [4.78, 5) is 0. The van der Waals surface area contributed by atoms with Crippen molar-refractivity contribution in [2.24, 2.45) is 11.8 Å². The Hall–Kier alpha value is -0.680. The predicted octanol–water partition coefficient (Wildman–Crippen LogP) is -4.91. The minimum absolute atomic E-state index is 0.144. The van der Waals surface area contributed by atoms with E-state index < -0.39 is 129 Å². The van der Waals surface area contributed by atoms with Crippen LogP contribution in [0.3, 0.4) is 0 Å². The van der Waals surface area contributed by atoms with E-state index in [1.165, 1.54) is 14.2 Å². The van der Waals surface area contributed by atoms with Crippen LogP contribution in [0.2, 0.25) is 0 Å². The average Bonchev–Trinajstić information content (AvgIpc) is 3.04. The fourth-order valence-corrected chi connectivity index (χ4v) is 7.73. The van der Waals surface area contributed by atoms with E-state index in [0.717, 1.165) is 0 Å². The van der Waals surface area contributed by atoms with Crippen LogP contribution in [0.1, 0.15) is 32.1 Å². The van der Waals surface area contributed by atoms with E-state index in [0.29, 0.717) is 12.8 Å². The molecular weight excluding hydrogens is 620 g/mol. The minimum atomic E-state index is -1.83. The van der Waals surface area contributed by atoms with E-state index in [1.54, 1.807) is 0 Å². The van der Waals surface area contributed by atoms with Crippen LogP contribution in [0, 0.1) is 11.8 Å². The third-order valence-corrected chi connectivity index (χ3v) is 10.4. The molecule has 18 atom stereocenters. The van der Waals surface area contributed by atoms with E-state index in [9.17, 15) is 51.1 Å². The topological polar surface area (TPSA) is 267 Å². The van der Waals surface area contributed by atoms with Gasteiger partial charge in [-0.2, -0.15) is 0 Å². The molecule has 10 N–H and O–H groups in total. The van der Waals surface area contributed by atoms with Gasteiger partial charge in [0.05, 0.1) is 55.9 Å². The van der Waals surface area contributed by atoms with Gasteiger partial charge < -0.3 is 84.2 Å². The molecule has 0 radical (unpaired) electrons. The number of aliphatic hydroxyl groups excluding tert-OH is 10. The summed E-state index contributed by atoms with van der Waals surface area (Å²) in [5.41, 5.74) is 0. The normalized spacial score (nSPS) is 53.5. The Morgan fingerprint density at radius 2 is 1.15 bits per heavy atom. The molecule has 2 saturated carbocycles. The number of rotatable bonds is 9. The van der Waals surface area contributed by atoms with Gasteiger partial charge in [0, 0.05) is 20.1 Å². The monoisotopic (exact) mass is 670 g/mol. The second-order valence-corrected chi connectivity index (χ2v) is 13.2. The van der Waals surface area contributed by atoms with Crippen LogP contribution in [0.15, 0.2) is 0 Å². The van der Waals surface area contributed by atoms with Crippen molar-refractivity contribution in [1.29, 1.82) is 0 Å². The summed E-state index contributed by atoms with van der Waals surface area (Å²) in [5.74, 6) is -0.738. The Morgan fingerprint density at radius 3 is 1.74 bits per heavy atom. The lowest BCUT2D eigenvalue weighted by molar-refractivity contribution is -0.370. The summed E-state index contributed by atoms with van der Waals surface area (Å²) in [6.07, 6.45) is -20.6. The molecule has 18 unspecified atom stereocenters. The van der Waals surface area contributed by atoms with Crippen LogP contribution in [-0.4, -0.2) is 189 Å². The largest absolute Gasteiger partial charge is 0.394 e. The fourth-order valence-electron chi connectivity index (χ4n) is 7.73. The molecule has 0 amide bonds. The number of ether oxygens (including phenoxy) is 7.